The van der Waals surface area contributed by atoms with Crippen molar-refractivity contribution in [2.24, 2.45) is 0 Å². The van der Waals surface area contributed by atoms with Crippen LogP contribution < -0.4 is 0 Å². The first-order valence-electron chi connectivity index (χ1n) is 2.70. The van der Waals surface area contributed by atoms with E-state index in [1.165, 1.54) is 0 Å². The summed E-state index contributed by atoms with van der Waals surface area (Å²) in [6.45, 7) is 3.89. The van der Waals surface area contributed by atoms with Gasteiger partial charge in [-0.15, -0.1) is 24.7 Å². The van der Waals surface area contributed by atoms with Gasteiger partial charge in [-0.2, -0.15) is 0 Å². The van der Waals surface area contributed by atoms with Gasteiger partial charge < -0.3 is 0 Å². The molecule has 0 rings (SSSR count). The highest BCUT2D eigenvalue weighted by molar-refractivity contribution is 4.80. The molecule has 0 spiro atoms. The second-order valence-corrected chi connectivity index (χ2v) is 1.12. The summed E-state index contributed by atoms with van der Waals surface area (Å²) in [5.74, 6) is 4.86. The van der Waals surface area contributed by atoms with E-state index in [0.717, 1.165) is 12.8 Å². The smallest absolute Gasteiger partial charge is 0.00576 e. The highest BCUT2D eigenvalue weighted by Crippen LogP contribution is 1.58. The third kappa shape index (κ3) is 149. The summed E-state index contributed by atoms with van der Waals surface area (Å²) in [6.07, 6.45) is 11.2. The molecule has 0 radical (unpaired) electrons. The van der Waals surface area contributed by atoms with Gasteiger partial charge in [-0.3, -0.25) is 0 Å². The van der Waals surface area contributed by atoms with Crippen molar-refractivity contribution in [3.05, 3.63) is 0 Å². The van der Waals surface area contributed by atoms with Crippen molar-refractivity contribution in [2.75, 3.05) is 0 Å². The van der Waals surface area contributed by atoms with Gasteiger partial charge in [0.1, 0.15) is 0 Å². The molecule has 0 amide bonds. The number of rotatable bonds is 0. The van der Waals surface area contributed by atoms with Crippen LogP contribution in [-0.2, 0) is 0 Å². The van der Waals surface area contributed by atoms with Crippen molar-refractivity contribution >= 4 is 0 Å². The van der Waals surface area contributed by atoms with E-state index < -0.39 is 0 Å². The lowest BCUT2D eigenvalue weighted by atomic mass is 10.5. The molecule has 0 unspecified atom stereocenters. The first kappa shape index (κ1) is 15.7. The van der Waals surface area contributed by atoms with Crippen molar-refractivity contribution < 1.29 is 0 Å². The molecule has 0 aromatic heterocycles. The molecule has 0 aromatic rings. The molecular weight excluding hydrogens is 108 g/mol. The maximum atomic E-state index is 4.78. The zero-order valence-corrected chi connectivity index (χ0v) is 5.57. The van der Waals surface area contributed by atoms with Crippen LogP contribution in [0.25, 0.3) is 0 Å². The summed E-state index contributed by atoms with van der Waals surface area (Å²) < 4.78 is 0. The van der Waals surface area contributed by atoms with Gasteiger partial charge in [0.15, 0.2) is 0 Å². The summed E-state index contributed by atoms with van der Waals surface area (Å²) in [4.78, 5) is 0. The Bertz CT molecular complexity index is 73.6. The Morgan fingerprint density at radius 2 is 1.11 bits per heavy atom. The molecule has 0 aliphatic carbocycles. The van der Waals surface area contributed by atoms with Crippen molar-refractivity contribution in [1.82, 2.24) is 0 Å². The first-order valence-corrected chi connectivity index (χ1v) is 2.70. The fraction of sp³-hybridized carbons (Fsp3) is 0.556. The summed E-state index contributed by atoms with van der Waals surface area (Å²) in [5.41, 5.74) is 0. The van der Waals surface area contributed by atoms with Crippen LogP contribution in [0.3, 0.4) is 0 Å². The molecule has 0 nitrogen and oxygen atoms in total. The Morgan fingerprint density at radius 3 is 1.11 bits per heavy atom. The van der Waals surface area contributed by atoms with E-state index in [-0.39, 0.29) is 7.43 Å². The van der Waals surface area contributed by atoms with Gasteiger partial charge >= 0.3 is 0 Å². The summed E-state index contributed by atoms with van der Waals surface area (Å²) in [5, 5.41) is 0. The fourth-order valence-electron chi connectivity index (χ4n) is 0. The van der Waals surface area contributed by atoms with E-state index in [0.29, 0.717) is 0 Å². The van der Waals surface area contributed by atoms with Crippen LogP contribution in [0.5, 0.6) is 0 Å². The van der Waals surface area contributed by atoms with Crippen molar-refractivity contribution in [2.45, 2.75) is 34.1 Å². The predicted octanol–water partition coefficient (Wildman–Crippen LogP) is 2.70. The summed E-state index contributed by atoms with van der Waals surface area (Å²) in [6, 6.07) is 0. The molecule has 0 saturated heterocycles. The van der Waals surface area contributed by atoms with Crippen molar-refractivity contribution in [3.63, 3.8) is 0 Å². The monoisotopic (exact) mass is 124 g/mol. The highest BCUT2D eigenvalue weighted by Gasteiger charge is 1.44. The Morgan fingerprint density at radius 1 is 1.00 bits per heavy atom. The summed E-state index contributed by atoms with van der Waals surface area (Å²) >= 11 is 0. The zero-order chi connectivity index (χ0) is 6.83. The molecule has 0 aliphatic rings. The minimum Gasteiger partial charge on any atom is -0.120 e. The standard InChI is InChI=1S/2C4H6.CH4/c2*1-3-4-2;/h2*1H,4H2,2H3;1H4. The van der Waals surface area contributed by atoms with Crippen LogP contribution in [0, 0.1) is 24.7 Å². The van der Waals surface area contributed by atoms with E-state index in [4.69, 9.17) is 12.8 Å². The Hall–Kier alpha value is -0.880. The van der Waals surface area contributed by atoms with E-state index in [1.807, 2.05) is 13.8 Å². The average molecular weight is 124 g/mol. The van der Waals surface area contributed by atoms with Crippen LogP contribution in [0.15, 0.2) is 0 Å². The average Bonchev–Trinajstić information content (AvgIpc) is 1.88. The molecule has 0 saturated carbocycles. The van der Waals surface area contributed by atoms with Gasteiger partial charge in [-0.25, -0.2) is 0 Å². The fourth-order valence-corrected chi connectivity index (χ4v) is 0. The molecule has 52 valence electrons. The molecule has 0 atom stereocenters. The van der Waals surface area contributed by atoms with Gasteiger partial charge in [0.05, 0.1) is 0 Å². The van der Waals surface area contributed by atoms with Crippen LogP contribution in [0.1, 0.15) is 34.1 Å². The Balaban J connectivity index is -0.0000000720. The first-order chi connectivity index (χ1) is 3.83. The van der Waals surface area contributed by atoms with E-state index in [2.05, 4.69) is 11.8 Å². The van der Waals surface area contributed by atoms with E-state index >= 15 is 0 Å². The van der Waals surface area contributed by atoms with Crippen LogP contribution in [-0.4, -0.2) is 0 Å². The minimum atomic E-state index is 0. The lowest BCUT2D eigenvalue weighted by Crippen LogP contribution is -1.38. The zero-order valence-electron chi connectivity index (χ0n) is 5.57. The predicted molar refractivity (Wildman–Crippen MR) is 45.0 cm³/mol. The second-order valence-electron chi connectivity index (χ2n) is 1.12. The van der Waals surface area contributed by atoms with E-state index in [9.17, 15) is 0 Å². The Labute approximate surface area is 59.7 Å². The summed E-state index contributed by atoms with van der Waals surface area (Å²) in [7, 11) is 0. The lowest BCUT2D eigenvalue weighted by molar-refractivity contribution is 1.28. The topological polar surface area (TPSA) is 0 Å². The van der Waals surface area contributed by atoms with Gasteiger partial charge in [0.2, 0.25) is 0 Å². The maximum absolute atomic E-state index is 4.78. The normalized spacial score (nSPS) is 4.44. The number of hydrogen-bond donors (Lipinski definition) is 0. The number of hydrogen-bond acceptors (Lipinski definition) is 0. The Kier molecular flexibility index (Phi) is 47.8. The van der Waals surface area contributed by atoms with Crippen LogP contribution in [0.2, 0.25) is 0 Å². The van der Waals surface area contributed by atoms with Crippen LogP contribution in [0.4, 0.5) is 0 Å². The van der Waals surface area contributed by atoms with Gasteiger partial charge in [-0.1, -0.05) is 21.3 Å². The third-order valence-corrected chi connectivity index (χ3v) is 0.408. The molecule has 0 aliphatic heterocycles. The molecule has 9 heavy (non-hydrogen) atoms. The largest absolute Gasteiger partial charge is 0.120 e. The quantitative estimate of drug-likeness (QED) is 0.435. The van der Waals surface area contributed by atoms with Gasteiger partial charge in [0.25, 0.3) is 0 Å². The highest BCUT2D eigenvalue weighted by atomic mass is 13.5. The SMILES string of the molecule is C.C#CCC.C#CCC. The molecule has 0 fully saturated rings. The van der Waals surface area contributed by atoms with E-state index in [1.54, 1.807) is 0 Å². The lowest BCUT2D eigenvalue weighted by Gasteiger charge is -1.52. The van der Waals surface area contributed by atoms with Crippen molar-refractivity contribution in [3.8, 4) is 24.7 Å². The van der Waals surface area contributed by atoms with Crippen LogP contribution >= 0.6 is 0 Å². The molecule has 0 bridgehead atoms. The molecule has 0 N–H and O–H groups in total. The van der Waals surface area contributed by atoms with Gasteiger partial charge in [-0.05, 0) is 0 Å². The third-order valence-electron chi connectivity index (χ3n) is 0.408. The molecule has 0 heterocycles. The minimum absolute atomic E-state index is 0. The number of terminal acetylenes is 2. The molecule has 0 heteroatoms. The molecule has 0 aromatic carbocycles. The van der Waals surface area contributed by atoms with Gasteiger partial charge in [0, 0.05) is 12.8 Å². The second kappa shape index (κ2) is 27.4. The maximum Gasteiger partial charge on any atom is 0.00576 e. The van der Waals surface area contributed by atoms with Crippen molar-refractivity contribution in [1.29, 1.82) is 0 Å². The molecular formula is C9H16.